The summed E-state index contributed by atoms with van der Waals surface area (Å²) in [7, 11) is 0. The summed E-state index contributed by atoms with van der Waals surface area (Å²) in [5, 5.41) is 25.1. The van der Waals surface area contributed by atoms with Gasteiger partial charge in [0.2, 0.25) is 0 Å². The summed E-state index contributed by atoms with van der Waals surface area (Å²) in [6.07, 6.45) is -2.33. The van der Waals surface area contributed by atoms with Crippen molar-refractivity contribution in [1.29, 1.82) is 0 Å². The second-order valence-corrected chi connectivity index (χ2v) is 1.92. The molecule has 0 atom stereocenters. The Bertz CT molecular complexity index is 291. The maximum Gasteiger partial charge on any atom is 1.00 e. The van der Waals surface area contributed by atoms with E-state index in [1.54, 1.807) is 30.3 Å². The number of carboxylic acids is 1. The Kier molecular flexibility index (Phi) is 36.4. The zero-order chi connectivity index (χ0) is 10.3. The van der Waals surface area contributed by atoms with Crippen molar-refractivity contribution in [3.63, 3.8) is 0 Å². The molecule has 2 N–H and O–H groups in total. The first-order valence-corrected chi connectivity index (χ1v) is 3.20. The van der Waals surface area contributed by atoms with Crippen molar-refractivity contribution >= 4 is 12.1 Å². The molecular formula is C8H7KNa2O6. The maximum atomic E-state index is 10.2. The Morgan fingerprint density at radius 3 is 1.47 bits per heavy atom. The van der Waals surface area contributed by atoms with E-state index in [4.69, 9.17) is 20.1 Å². The van der Waals surface area contributed by atoms with Crippen molar-refractivity contribution in [1.82, 2.24) is 0 Å². The van der Waals surface area contributed by atoms with E-state index in [1.165, 1.54) is 0 Å². The normalized spacial score (nSPS) is 6.12. The molecule has 0 spiro atoms. The molecule has 0 fully saturated rings. The van der Waals surface area contributed by atoms with Gasteiger partial charge in [0.25, 0.3) is 0 Å². The van der Waals surface area contributed by atoms with Crippen LogP contribution >= 0.6 is 0 Å². The van der Waals surface area contributed by atoms with Gasteiger partial charge in [0.15, 0.2) is 0 Å². The van der Waals surface area contributed by atoms with Crippen LogP contribution in [0.4, 0.5) is 4.79 Å². The van der Waals surface area contributed by atoms with Crippen LogP contribution in [0.2, 0.25) is 0 Å². The molecule has 0 aliphatic carbocycles. The van der Waals surface area contributed by atoms with Gasteiger partial charge in [-0.2, -0.15) is 0 Å². The molecule has 17 heavy (non-hydrogen) atoms. The van der Waals surface area contributed by atoms with Crippen molar-refractivity contribution in [3.05, 3.63) is 35.9 Å². The summed E-state index contributed by atoms with van der Waals surface area (Å²) in [6.45, 7) is 0. The summed E-state index contributed by atoms with van der Waals surface area (Å²) in [5.41, 5.74) is 0.331. The standard InChI is InChI=1S/C7H6O2.CH2O3.K.2Na.H2O/c8-7(9)6-4-2-1-3-5-6;2-1(3)4;;;;/h1-5H,(H,8,9);(H2,2,3,4);;;;1H2/q;;3*+1;/p-3. The van der Waals surface area contributed by atoms with Gasteiger partial charge in [-0.1, -0.05) is 18.2 Å². The molecule has 9 heteroatoms. The molecule has 1 rings (SSSR count). The smallest absolute Gasteiger partial charge is 0.870 e. The van der Waals surface area contributed by atoms with Crippen LogP contribution in [0.3, 0.4) is 0 Å². The fourth-order valence-corrected chi connectivity index (χ4v) is 0.581. The first-order valence-electron chi connectivity index (χ1n) is 3.20. The summed E-state index contributed by atoms with van der Waals surface area (Å²) < 4.78 is 0. The Labute approximate surface area is 185 Å². The van der Waals surface area contributed by atoms with Gasteiger partial charge < -0.3 is 25.6 Å². The first-order chi connectivity index (χ1) is 6.04. The minimum Gasteiger partial charge on any atom is -0.870 e. The summed E-state index contributed by atoms with van der Waals surface area (Å²) >= 11 is 0. The minimum atomic E-state index is -2.33. The molecule has 0 saturated heterocycles. The summed E-state index contributed by atoms with van der Waals surface area (Å²) in [4.78, 5) is 18.5. The van der Waals surface area contributed by atoms with Crippen molar-refractivity contribution in [2.75, 3.05) is 0 Å². The third kappa shape index (κ3) is 23.1. The fourth-order valence-electron chi connectivity index (χ4n) is 0.581. The molecule has 0 aliphatic heterocycles. The minimum absolute atomic E-state index is 0. The molecule has 0 unspecified atom stereocenters. The average molecular weight is 284 g/mol. The van der Waals surface area contributed by atoms with Gasteiger partial charge in [0.1, 0.15) is 0 Å². The topological polar surface area (TPSA) is 130 Å². The number of hydrogen-bond acceptors (Lipinski definition) is 5. The number of carbonyl (C=O) groups is 2. The van der Waals surface area contributed by atoms with E-state index in [2.05, 4.69) is 0 Å². The zero-order valence-corrected chi connectivity index (χ0v) is 17.0. The van der Waals surface area contributed by atoms with Crippen LogP contribution < -0.4 is 121 Å². The number of carbonyl (C=O) groups excluding carboxylic acids is 1. The van der Waals surface area contributed by atoms with Gasteiger partial charge >= 0.3 is 116 Å². The predicted octanol–water partition coefficient (Wildman–Crippen LogP) is -10.2. The molecular weight excluding hydrogens is 277 g/mol. The number of carboxylic acid groups (broad SMARTS) is 3. The molecule has 0 radical (unpaired) electrons. The largest absolute Gasteiger partial charge is 1.00 e. The Hall–Kier alpha value is 1.56. The van der Waals surface area contributed by atoms with Gasteiger partial charge in [-0.3, -0.25) is 0 Å². The molecule has 0 heterocycles. The SMILES string of the molecule is O=C(O)c1ccccc1.O=C([O-])[O-].[K+].[Na+].[Na+].[OH-]. The summed E-state index contributed by atoms with van der Waals surface area (Å²) in [5.74, 6) is -0.879. The van der Waals surface area contributed by atoms with Crippen LogP contribution in [0.25, 0.3) is 0 Å². The van der Waals surface area contributed by atoms with E-state index in [1.807, 2.05) is 0 Å². The van der Waals surface area contributed by atoms with E-state index >= 15 is 0 Å². The second-order valence-electron chi connectivity index (χ2n) is 1.92. The number of benzene rings is 1. The van der Waals surface area contributed by atoms with E-state index < -0.39 is 12.1 Å². The van der Waals surface area contributed by atoms with Gasteiger partial charge in [-0.15, -0.1) is 0 Å². The monoisotopic (exact) mass is 284 g/mol. The van der Waals surface area contributed by atoms with Gasteiger partial charge in [-0.25, -0.2) is 4.79 Å². The predicted molar refractivity (Wildman–Crippen MR) is 40.7 cm³/mol. The van der Waals surface area contributed by atoms with Crippen LogP contribution in [0.1, 0.15) is 10.4 Å². The third-order valence-electron chi connectivity index (χ3n) is 1.02. The van der Waals surface area contributed by atoms with Gasteiger partial charge in [0.05, 0.1) is 5.56 Å². The van der Waals surface area contributed by atoms with Crippen LogP contribution in [0.5, 0.6) is 0 Å². The van der Waals surface area contributed by atoms with Gasteiger partial charge in [-0.05, 0) is 18.3 Å². The molecule has 0 bridgehead atoms. The molecule has 0 saturated carbocycles. The van der Waals surface area contributed by atoms with Crippen LogP contribution in [-0.4, -0.2) is 22.7 Å². The zero-order valence-electron chi connectivity index (χ0n) is 9.91. The summed E-state index contributed by atoms with van der Waals surface area (Å²) in [6, 6.07) is 8.30. The van der Waals surface area contributed by atoms with E-state index in [0.29, 0.717) is 5.56 Å². The fraction of sp³-hybridized carbons (Fsp3) is 0. The van der Waals surface area contributed by atoms with E-state index in [9.17, 15) is 4.79 Å². The maximum absolute atomic E-state index is 10.2. The quantitative estimate of drug-likeness (QED) is 0.509. The number of rotatable bonds is 1. The van der Waals surface area contributed by atoms with Crippen molar-refractivity contribution in [3.8, 4) is 0 Å². The Balaban J connectivity index is -0.0000000542. The second kappa shape index (κ2) is 19.9. The van der Waals surface area contributed by atoms with Crippen LogP contribution in [0, 0.1) is 0 Å². The number of aromatic carboxylic acids is 1. The van der Waals surface area contributed by atoms with Crippen molar-refractivity contribution in [2.24, 2.45) is 0 Å². The van der Waals surface area contributed by atoms with Gasteiger partial charge in [0, 0.05) is 0 Å². The van der Waals surface area contributed by atoms with Crippen molar-refractivity contribution in [2.45, 2.75) is 0 Å². The average Bonchev–Trinajstić information content (AvgIpc) is 2.05. The molecule has 0 aromatic heterocycles. The van der Waals surface area contributed by atoms with Crippen LogP contribution in [-0.2, 0) is 0 Å². The molecule has 6 nitrogen and oxygen atoms in total. The third-order valence-corrected chi connectivity index (χ3v) is 1.02. The van der Waals surface area contributed by atoms with E-state index in [-0.39, 0.29) is 116 Å². The molecule has 1 aromatic carbocycles. The molecule has 0 amide bonds. The van der Waals surface area contributed by atoms with E-state index in [0.717, 1.165) is 0 Å². The Morgan fingerprint density at radius 1 is 1.00 bits per heavy atom. The van der Waals surface area contributed by atoms with Crippen LogP contribution in [0.15, 0.2) is 30.3 Å². The Morgan fingerprint density at radius 2 is 1.29 bits per heavy atom. The number of hydrogen-bond donors (Lipinski definition) is 1. The first kappa shape index (κ1) is 31.1. The van der Waals surface area contributed by atoms with Crippen molar-refractivity contribution < 1.29 is 141 Å². The molecule has 78 valence electrons. The molecule has 0 aliphatic rings. The molecule has 1 aromatic rings.